The van der Waals surface area contributed by atoms with Crippen LogP contribution in [-0.2, 0) is 11.8 Å². The Morgan fingerprint density at radius 3 is 2.61 bits per heavy atom. The molecule has 0 spiro atoms. The third-order valence-electron chi connectivity index (χ3n) is 3.12. The normalized spacial score (nSPS) is 12.3. The number of hydrogen-bond acceptors (Lipinski definition) is 2. The maximum Gasteiger partial charge on any atom is 0.332 e. The first-order valence-electron chi connectivity index (χ1n) is 5.92. The highest BCUT2D eigenvalue weighted by Gasteiger charge is 2.12. The predicted octanol–water partition coefficient (Wildman–Crippen LogP) is 1.87. The SMILES string of the molecule is CC(CC=O)c1ccccc1-n1ccn(C)c1=O. The van der Waals surface area contributed by atoms with Crippen LogP contribution in [0, 0.1) is 0 Å². The van der Waals surface area contributed by atoms with Crippen molar-refractivity contribution in [1.29, 1.82) is 0 Å². The third kappa shape index (κ3) is 2.14. The van der Waals surface area contributed by atoms with Gasteiger partial charge in [-0.05, 0) is 17.5 Å². The van der Waals surface area contributed by atoms with Crippen LogP contribution < -0.4 is 5.69 Å². The van der Waals surface area contributed by atoms with Crippen LogP contribution in [0.25, 0.3) is 5.69 Å². The second kappa shape index (κ2) is 5.04. The highest BCUT2D eigenvalue weighted by Crippen LogP contribution is 2.24. The molecule has 0 saturated heterocycles. The number of para-hydroxylation sites is 1. The Bertz CT molecular complexity index is 610. The molecule has 4 heteroatoms. The molecule has 0 radical (unpaired) electrons. The molecule has 94 valence electrons. The summed E-state index contributed by atoms with van der Waals surface area (Å²) in [6.07, 6.45) is 4.84. The van der Waals surface area contributed by atoms with Crippen LogP contribution in [0.4, 0.5) is 0 Å². The minimum atomic E-state index is -0.0826. The summed E-state index contributed by atoms with van der Waals surface area (Å²) in [5.74, 6) is 0.103. The smallest absolute Gasteiger partial charge is 0.303 e. The zero-order valence-electron chi connectivity index (χ0n) is 10.5. The van der Waals surface area contributed by atoms with E-state index >= 15 is 0 Å². The van der Waals surface area contributed by atoms with Gasteiger partial charge in [-0.15, -0.1) is 0 Å². The molecule has 2 aromatic rings. The quantitative estimate of drug-likeness (QED) is 0.771. The van der Waals surface area contributed by atoms with Crippen LogP contribution in [0.2, 0.25) is 0 Å². The van der Waals surface area contributed by atoms with Crippen LogP contribution in [0.15, 0.2) is 41.5 Å². The average molecular weight is 244 g/mol. The van der Waals surface area contributed by atoms with Crippen LogP contribution in [0.1, 0.15) is 24.8 Å². The molecule has 0 aliphatic carbocycles. The van der Waals surface area contributed by atoms with E-state index in [1.807, 2.05) is 31.2 Å². The minimum Gasteiger partial charge on any atom is -0.303 e. The van der Waals surface area contributed by atoms with E-state index in [2.05, 4.69) is 0 Å². The fourth-order valence-corrected chi connectivity index (χ4v) is 2.04. The second-order valence-electron chi connectivity index (χ2n) is 4.42. The first-order chi connectivity index (χ1) is 8.65. The molecule has 1 heterocycles. The summed E-state index contributed by atoms with van der Waals surface area (Å²) < 4.78 is 3.14. The Labute approximate surface area is 105 Å². The van der Waals surface area contributed by atoms with Crippen molar-refractivity contribution in [1.82, 2.24) is 9.13 Å². The molecule has 0 aliphatic rings. The van der Waals surface area contributed by atoms with Gasteiger partial charge in [-0.1, -0.05) is 25.1 Å². The van der Waals surface area contributed by atoms with Crippen molar-refractivity contribution in [3.8, 4) is 5.69 Å². The predicted molar refractivity (Wildman–Crippen MR) is 70.1 cm³/mol. The van der Waals surface area contributed by atoms with E-state index < -0.39 is 0 Å². The summed E-state index contributed by atoms with van der Waals surface area (Å²) in [5, 5.41) is 0. The molecular weight excluding hydrogens is 228 g/mol. The van der Waals surface area contributed by atoms with E-state index in [0.29, 0.717) is 6.42 Å². The first kappa shape index (κ1) is 12.4. The van der Waals surface area contributed by atoms with Gasteiger partial charge in [0, 0.05) is 25.9 Å². The minimum absolute atomic E-state index is 0.0826. The largest absolute Gasteiger partial charge is 0.332 e. The van der Waals surface area contributed by atoms with Crippen molar-refractivity contribution in [2.75, 3.05) is 0 Å². The number of aryl methyl sites for hydroxylation is 1. The second-order valence-corrected chi connectivity index (χ2v) is 4.42. The van der Waals surface area contributed by atoms with Crippen LogP contribution >= 0.6 is 0 Å². The van der Waals surface area contributed by atoms with Gasteiger partial charge in [0.1, 0.15) is 6.29 Å². The lowest BCUT2D eigenvalue weighted by Crippen LogP contribution is -2.21. The molecule has 0 amide bonds. The molecule has 1 aromatic carbocycles. The summed E-state index contributed by atoms with van der Waals surface area (Å²) in [7, 11) is 1.72. The number of imidazole rings is 1. The Balaban J connectivity index is 2.54. The fourth-order valence-electron chi connectivity index (χ4n) is 2.04. The number of aromatic nitrogens is 2. The number of aldehydes is 1. The lowest BCUT2D eigenvalue weighted by atomic mass is 9.96. The molecule has 1 atom stereocenters. The highest BCUT2D eigenvalue weighted by molar-refractivity contribution is 5.53. The number of nitrogens with zero attached hydrogens (tertiary/aromatic N) is 2. The molecule has 2 rings (SSSR count). The number of carbonyl (C=O) groups is 1. The van der Waals surface area contributed by atoms with Gasteiger partial charge < -0.3 is 9.36 Å². The summed E-state index contributed by atoms with van der Waals surface area (Å²) >= 11 is 0. The third-order valence-corrected chi connectivity index (χ3v) is 3.12. The van der Waals surface area contributed by atoms with Crippen molar-refractivity contribution in [2.24, 2.45) is 7.05 Å². The van der Waals surface area contributed by atoms with Crippen molar-refractivity contribution in [3.05, 3.63) is 52.7 Å². The Kier molecular flexibility index (Phi) is 3.46. The molecule has 1 aromatic heterocycles. The topological polar surface area (TPSA) is 44.0 Å². The number of benzene rings is 1. The molecular formula is C14H16N2O2. The van der Waals surface area contributed by atoms with E-state index in [1.54, 1.807) is 24.0 Å². The van der Waals surface area contributed by atoms with Crippen molar-refractivity contribution in [2.45, 2.75) is 19.3 Å². The number of rotatable bonds is 4. The Morgan fingerprint density at radius 2 is 2.00 bits per heavy atom. The first-order valence-corrected chi connectivity index (χ1v) is 5.92. The summed E-state index contributed by atoms with van der Waals surface area (Å²) in [4.78, 5) is 22.6. The average Bonchev–Trinajstić information content (AvgIpc) is 2.70. The molecule has 0 aliphatic heterocycles. The van der Waals surface area contributed by atoms with Gasteiger partial charge in [-0.2, -0.15) is 0 Å². The van der Waals surface area contributed by atoms with E-state index in [-0.39, 0.29) is 11.6 Å². The monoisotopic (exact) mass is 244 g/mol. The molecule has 1 unspecified atom stereocenters. The fraction of sp³-hybridized carbons (Fsp3) is 0.286. The van der Waals surface area contributed by atoms with Gasteiger partial charge in [0.2, 0.25) is 0 Å². The summed E-state index contributed by atoms with van der Waals surface area (Å²) in [6, 6.07) is 7.68. The van der Waals surface area contributed by atoms with Crippen molar-refractivity contribution >= 4 is 6.29 Å². The van der Waals surface area contributed by atoms with Gasteiger partial charge in [-0.25, -0.2) is 4.79 Å². The molecule has 0 N–H and O–H groups in total. The molecule has 0 bridgehead atoms. The number of carbonyl (C=O) groups excluding carboxylic acids is 1. The van der Waals surface area contributed by atoms with E-state index in [9.17, 15) is 9.59 Å². The van der Waals surface area contributed by atoms with Gasteiger partial charge in [0.15, 0.2) is 0 Å². The van der Waals surface area contributed by atoms with Crippen LogP contribution in [-0.4, -0.2) is 15.4 Å². The zero-order chi connectivity index (χ0) is 13.1. The van der Waals surface area contributed by atoms with Crippen LogP contribution in [0.3, 0.4) is 0 Å². The van der Waals surface area contributed by atoms with Crippen LogP contribution in [0.5, 0.6) is 0 Å². The van der Waals surface area contributed by atoms with E-state index in [1.165, 1.54) is 4.57 Å². The molecule has 18 heavy (non-hydrogen) atoms. The Hall–Kier alpha value is -2.10. The van der Waals surface area contributed by atoms with Gasteiger partial charge in [0.25, 0.3) is 0 Å². The lowest BCUT2D eigenvalue weighted by molar-refractivity contribution is -0.108. The standard InChI is InChI=1S/C14H16N2O2/c1-11(7-10-17)12-5-3-4-6-13(12)16-9-8-15(2)14(16)18/h3-6,8-11H,7H2,1-2H3. The maximum atomic E-state index is 12.0. The van der Waals surface area contributed by atoms with Gasteiger partial charge >= 0.3 is 5.69 Å². The van der Waals surface area contributed by atoms with Gasteiger partial charge in [-0.3, -0.25) is 4.57 Å². The molecule has 0 fully saturated rings. The van der Waals surface area contributed by atoms with Crippen molar-refractivity contribution < 1.29 is 4.79 Å². The highest BCUT2D eigenvalue weighted by atomic mass is 16.1. The van der Waals surface area contributed by atoms with E-state index in [4.69, 9.17) is 0 Å². The van der Waals surface area contributed by atoms with Crippen molar-refractivity contribution in [3.63, 3.8) is 0 Å². The van der Waals surface area contributed by atoms with Gasteiger partial charge in [0.05, 0.1) is 5.69 Å². The summed E-state index contributed by atoms with van der Waals surface area (Å²) in [6.45, 7) is 1.99. The molecule has 4 nitrogen and oxygen atoms in total. The summed E-state index contributed by atoms with van der Waals surface area (Å²) in [5.41, 5.74) is 1.77. The zero-order valence-corrected chi connectivity index (χ0v) is 10.5. The number of hydrogen-bond donors (Lipinski definition) is 0. The Morgan fingerprint density at radius 1 is 1.28 bits per heavy atom. The molecule has 0 saturated carbocycles. The van der Waals surface area contributed by atoms with E-state index in [0.717, 1.165) is 17.5 Å². The lowest BCUT2D eigenvalue weighted by Gasteiger charge is -2.14. The maximum absolute atomic E-state index is 12.0.